The van der Waals surface area contributed by atoms with Gasteiger partial charge in [-0.25, -0.2) is 0 Å². The summed E-state index contributed by atoms with van der Waals surface area (Å²) in [4.78, 5) is 0. The highest BCUT2D eigenvalue weighted by atomic mass is 16.5. The molecule has 0 spiro atoms. The molecule has 0 aromatic heterocycles. The molecule has 0 atom stereocenters. The van der Waals surface area contributed by atoms with Gasteiger partial charge in [-0.1, -0.05) is 18.2 Å². The Morgan fingerprint density at radius 3 is 2.27 bits per heavy atom. The lowest BCUT2D eigenvalue weighted by molar-refractivity contribution is 0.150. The Morgan fingerprint density at radius 2 is 1.59 bits per heavy atom. The molecular weight excluding hydrogens is 276 g/mol. The fourth-order valence-corrected chi connectivity index (χ4v) is 1.74. The van der Waals surface area contributed by atoms with Gasteiger partial charge >= 0.3 is 0 Å². The minimum Gasteiger partial charge on any atom is -0.383 e. The summed E-state index contributed by atoms with van der Waals surface area (Å²) in [6.07, 6.45) is 0.432. The number of nitrogens with one attached hydrogen (secondary N) is 1. The second-order valence-electron chi connectivity index (χ2n) is 4.53. The molecule has 0 saturated heterocycles. The minimum absolute atomic E-state index is 0.432. The van der Waals surface area contributed by atoms with Crippen LogP contribution in [-0.4, -0.2) is 19.8 Å². The van der Waals surface area contributed by atoms with E-state index in [1.807, 2.05) is 60.7 Å². The molecule has 0 aliphatic carbocycles. The Hall–Kier alpha value is -2.71. The first-order valence-corrected chi connectivity index (χ1v) is 7.14. The minimum atomic E-state index is 0.432. The third kappa shape index (κ3) is 5.73. The predicted molar refractivity (Wildman–Crippen MR) is 86.6 cm³/mol. The Morgan fingerprint density at radius 1 is 0.909 bits per heavy atom. The van der Waals surface area contributed by atoms with Crippen molar-refractivity contribution >= 4 is 17.1 Å². The number of azo groups is 1. The standard InChI is InChI=1S/C17H18N4O/c18-11-4-13-22-14-12-19-15-7-9-17(10-8-15)21-20-16-5-2-1-3-6-16/h1-3,5-10,19H,4,12-14H2. The third-order valence-corrected chi connectivity index (χ3v) is 2.84. The summed E-state index contributed by atoms with van der Waals surface area (Å²) in [5.74, 6) is 0. The van der Waals surface area contributed by atoms with Crippen LogP contribution >= 0.6 is 0 Å². The zero-order valence-electron chi connectivity index (χ0n) is 12.3. The highest BCUT2D eigenvalue weighted by molar-refractivity contribution is 5.51. The van der Waals surface area contributed by atoms with E-state index in [-0.39, 0.29) is 0 Å². The zero-order chi connectivity index (χ0) is 15.5. The Labute approximate surface area is 130 Å². The summed E-state index contributed by atoms with van der Waals surface area (Å²) in [6.45, 7) is 1.77. The molecule has 0 amide bonds. The second-order valence-corrected chi connectivity index (χ2v) is 4.53. The van der Waals surface area contributed by atoms with Gasteiger partial charge in [-0.05, 0) is 36.4 Å². The average molecular weight is 294 g/mol. The summed E-state index contributed by atoms with van der Waals surface area (Å²) in [5, 5.41) is 20.0. The molecule has 2 aromatic carbocycles. The lowest BCUT2D eigenvalue weighted by atomic mass is 10.3. The normalized spacial score (nSPS) is 10.5. The van der Waals surface area contributed by atoms with Crippen LogP contribution in [0.5, 0.6) is 0 Å². The van der Waals surface area contributed by atoms with Gasteiger partial charge in [0.1, 0.15) is 0 Å². The van der Waals surface area contributed by atoms with Crippen LogP contribution in [0.3, 0.4) is 0 Å². The summed E-state index contributed by atoms with van der Waals surface area (Å²) < 4.78 is 5.29. The van der Waals surface area contributed by atoms with Crippen LogP contribution < -0.4 is 5.32 Å². The van der Waals surface area contributed by atoms with Crippen LogP contribution in [0.15, 0.2) is 64.8 Å². The molecule has 0 heterocycles. The highest BCUT2D eigenvalue weighted by Gasteiger charge is 1.94. The van der Waals surface area contributed by atoms with Crippen LogP contribution in [0.25, 0.3) is 0 Å². The molecule has 22 heavy (non-hydrogen) atoms. The van der Waals surface area contributed by atoms with E-state index in [1.165, 1.54) is 0 Å². The SMILES string of the molecule is N#CCCOCCNc1ccc(N=Nc2ccccc2)cc1. The topological polar surface area (TPSA) is 69.8 Å². The van der Waals surface area contributed by atoms with Crippen molar-refractivity contribution in [3.63, 3.8) is 0 Å². The van der Waals surface area contributed by atoms with Crippen molar-refractivity contribution in [2.24, 2.45) is 10.2 Å². The Bertz CT molecular complexity index is 617. The predicted octanol–water partition coefficient (Wildman–Crippen LogP) is 4.44. The van der Waals surface area contributed by atoms with Crippen LogP contribution in [0, 0.1) is 11.3 Å². The monoisotopic (exact) mass is 294 g/mol. The molecule has 0 fully saturated rings. The number of rotatable bonds is 8. The number of hydrogen-bond acceptors (Lipinski definition) is 5. The summed E-state index contributed by atoms with van der Waals surface area (Å²) in [6, 6.07) is 19.4. The molecule has 0 bridgehead atoms. The molecule has 5 nitrogen and oxygen atoms in total. The fraction of sp³-hybridized carbons (Fsp3) is 0.235. The first-order chi connectivity index (χ1) is 10.9. The van der Waals surface area contributed by atoms with Gasteiger partial charge in [-0.2, -0.15) is 15.5 Å². The molecule has 5 heteroatoms. The molecule has 0 unspecified atom stereocenters. The Balaban J connectivity index is 1.76. The number of benzene rings is 2. The van der Waals surface area contributed by atoms with Crippen LogP contribution in [0.1, 0.15) is 6.42 Å². The number of hydrogen-bond donors (Lipinski definition) is 1. The van der Waals surface area contributed by atoms with E-state index in [0.717, 1.165) is 17.1 Å². The van der Waals surface area contributed by atoms with Crippen LogP contribution in [-0.2, 0) is 4.74 Å². The number of nitriles is 1. The van der Waals surface area contributed by atoms with Gasteiger partial charge in [0.25, 0.3) is 0 Å². The van der Waals surface area contributed by atoms with Crippen molar-refractivity contribution in [3.05, 3.63) is 54.6 Å². The highest BCUT2D eigenvalue weighted by Crippen LogP contribution is 2.19. The summed E-state index contributed by atoms with van der Waals surface area (Å²) in [7, 11) is 0. The van der Waals surface area contributed by atoms with Crippen molar-refractivity contribution in [2.45, 2.75) is 6.42 Å². The number of ether oxygens (including phenoxy) is 1. The molecular formula is C17H18N4O. The molecule has 1 N–H and O–H groups in total. The quantitative estimate of drug-likeness (QED) is 0.578. The maximum Gasteiger partial charge on any atom is 0.0858 e. The van der Waals surface area contributed by atoms with Crippen LogP contribution in [0.4, 0.5) is 17.1 Å². The second kappa shape index (κ2) is 9.27. The van der Waals surface area contributed by atoms with Gasteiger partial charge in [0, 0.05) is 12.2 Å². The smallest absolute Gasteiger partial charge is 0.0858 e. The largest absolute Gasteiger partial charge is 0.383 e. The molecule has 0 radical (unpaired) electrons. The van der Waals surface area contributed by atoms with E-state index in [4.69, 9.17) is 10.00 Å². The van der Waals surface area contributed by atoms with Crippen LogP contribution in [0.2, 0.25) is 0 Å². The van der Waals surface area contributed by atoms with E-state index < -0.39 is 0 Å². The lowest BCUT2D eigenvalue weighted by Gasteiger charge is -2.06. The van der Waals surface area contributed by atoms with Crippen molar-refractivity contribution in [2.75, 3.05) is 25.1 Å². The maximum atomic E-state index is 8.38. The molecule has 112 valence electrons. The van der Waals surface area contributed by atoms with E-state index >= 15 is 0 Å². The number of anilines is 1. The van der Waals surface area contributed by atoms with Crippen molar-refractivity contribution < 1.29 is 4.74 Å². The van der Waals surface area contributed by atoms with E-state index in [0.29, 0.717) is 26.2 Å². The molecule has 0 aliphatic heterocycles. The fourth-order valence-electron chi connectivity index (χ4n) is 1.74. The van der Waals surface area contributed by atoms with Gasteiger partial charge in [0.05, 0.1) is 37.1 Å². The summed E-state index contributed by atoms with van der Waals surface area (Å²) >= 11 is 0. The molecule has 2 rings (SSSR count). The lowest BCUT2D eigenvalue weighted by Crippen LogP contribution is -2.09. The van der Waals surface area contributed by atoms with Crippen molar-refractivity contribution in [1.29, 1.82) is 5.26 Å². The van der Waals surface area contributed by atoms with Gasteiger partial charge in [-0.15, -0.1) is 0 Å². The average Bonchev–Trinajstić information content (AvgIpc) is 2.58. The number of nitrogens with zero attached hydrogens (tertiary/aromatic N) is 3. The van der Waals surface area contributed by atoms with Gasteiger partial charge in [0.2, 0.25) is 0 Å². The van der Waals surface area contributed by atoms with Crippen molar-refractivity contribution in [1.82, 2.24) is 0 Å². The van der Waals surface area contributed by atoms with Gasteiger partial charge in [-0.3, -0.25) is 0 Å². The molecule has 0 aliphatic rings. The maximum absolute atomic E-state index is 8.38. The van der Waals surface area contributed by atoms with Gasteiger partial charge in [0.15, 0.2) is 0 Å². The first kappa shape index (κ1) is 15.7. The third-order valence-electron chi connectivity index (χ3n) is 2.84. The summed E-state index contributed by atoms with van der Waals surface area (Å²) in [5.41, 5.74) is 2.64. The first-order valence-electron chi connectivity index (χ1n) is 7.14. The van der Waals surface area contributed by atoms with Crippen molar-refractivity contribution in [3.8, 4) is 6.07 Å². The van der Waals surface area contributed by atoms with E-state index in [9.17, 15) is 0 Å². The van der Waals surface area contributed by atoms with E-state index in [1.54, 1.807) is 0 Å². The molecule has 2 aromatic rings. The van der Waals surface area contributed by atoms with Gasteiger partial charge < -0.3 is 10.1 Å². The van der Waals surface area contributed by atoms with E-state index in [2.05, 4.69) is 15.5 Å². The zero-order valence-corrected chi connectivity index (χ0v) is 12.3. The molecule has 0 saturated carbocycles. The Kier molecular flexibility index (Phi) is 6.60.